The van der Waals surface area contributed by atoms with Gasteiger partial charge in [-0.25, -0.2) is 4.98 Å². The summed E-state index contributed by atoms with van der Waals surface area (Å²) in [7, 11) is -4.25. The molecule has 0 aliphatic rings. The van der Waals surface area contributed by atoms with E-state index in [9.17, 15) is 8.42 Å². The number of nitrogens with two attached hydrogens (primary N) is 1. The molecular formula is C14H12N4O3S2. The Morgan fingerprint density at radius 1 is 1.17 bits per heavy atom. The highest BCUT2D eigenvalue weighted by atomic mass is 32.2. The fourth-order valence-electron chi connectivity index (χ4n) is 1.99. The summed E-state index contributed by atoms with van der Waals surface area (Å²) in [5.74, 6) is 0. The Labute approximate surface area is 136 Å². The van der Waals surface area contributed by atoms with Gasteiger partial charge in [-0.15, -0.1) is 10.2 Å². The molecule has 0 fully saturated rings. The molecule has 7 nitrogen and oxygen atoms in total. The van der Waals surface area contributed by atoms with E-state index in [2.05, 4.69) is 15.2 Å². The van der Waals surface area contributed by atoms with Crippen molar-refractivity contribution in [3.05, 3.63) is 42.0 Å². The number of thiazole rings is 1. The molecule has 0 atom stereocenters. The largest absolute Gasteiger partial charge is 0.399 e. The second-order valence-corrected chi connectivity index (χ2v) is 7.28. The molecule has 0 amide bonds. The highest BCUT2D eigenvalue weighted by Crippen LogP contribution is 2.31. The van der Waals surface area contributed by atoms with E-state index in [0.717, 1.165) is 10.3 Å². The van der Waals surface area contributed by atoms with Crippen LogP contribution in [0.2, 0.25) is 0 Å². The first kappa shape index (κ1) is 15.5. The van der Waals surface area contributed by atoms with Gasteiger partial charge in [0.2, 0.25) is 5.13 Å². The molecule has 0 bridgehead atoms. The molecule has 2 aromatic carbocycles. The molecule has 0 radical (unpaired) electrons. The first-order chi connectivity index (χ1) is 10.8. The van der Waals surface area contributed by atoms with E-state index in [1.54, 1.807) is 24.3 Å². The fraction of sp³-hybridized carbons (Fsp3) is 0.0714. The normalized spacial score (nSPS) is 12.3. The second-order valence-electron chi connectivity index (χ2n) is 4.85. The summed E-state index contributed by atoms with van der Waals surface area (Å²) in [4.78, 5) is 4.01. The summed E-state index contributed by atoms with van der Waals surface area (Å²) in [5, 5.41) is 8.60. The molecule has 3 rings (SSSR count). The van der Waals surface area contributed by atoms with Crippen molar-refractivity contribution in [3.8, 4) is 0 Å². The van der Waals surface area contributed by atoms with E-state index >= 15 is 0 Å². The molecule has 23 heavy (non-hydrogen) atoms. The summed E-state index contributed by atoms with van der Waals surface area (Å²) in [6.45, 7) is 1.88. The number of anilines is 1. The minimum atomic E-state index is -4.25. The first-order valence-corrected chi connectivity index (χ1v) is 8.74. The number of benzene rings is 2. The molecule has 0 saturated heterocycles. The van der Waals surface area contributed by atoms with Crippen LogP contribution in [-0.2, 0) is 10.1 Å². The number of azo groups is 1. The SMILES string of the molecule is Cc1cc(N)ccc1N=Nc1nc2cc(S(=O)(=O)O)ccc2s1. The van der Waals surface area contributed by atoms with Gasteiger partial charge in [-0.1, -0.05) is 11.3 Å². The van der Waals surface area contributed by atoms with Crippen molar-refractivity contribution in [1.82, 2.24) is 4.98 Å². The van der Waals surface area contributed by atoms with E-state index in [1.807, 2.05) is 6.92 Å². The van der Waals surface area contributed by atoms with Crippen LogP contribution in [0.4, 0.5) is 16.5 Å². The molecule has 1 heterocycles. The maximum Gasteiger partial charge on any atom is 0.294 e. The van der Waals surface area contributed by atoms with Crippen molar-refractivity contribution < 1.29 is 13.0 Å². The van der Waals surface area contributed by atoms with Crippen molar-refractivity contribution in [3.63, 3.8) is 0 Å². The van der Waals surface area contributed by atoms with Gasteiger partial charge in [0.1, 0.15) is 0 Å². The van der Waals surface area contributed by atoms with Gasteiger partial charge in [0.05, 0.1) is 20.8 Å². The summed E-state index contributed by atoms with van der Waals surface area (Å²) in [5.41, 5.74) is 8.34. The molecule has 0 unspecified atom stereocenters. The quantitative estimate of drug-likeness (QED) is 0.423. The van der Waals surface area contributed by atoms with E-state index in [1.165, 1.54) is 23.5 Å². The van der Waals surface area contributed by atoms with Gasteiger partial charge >= 0.3 is 0 Å². The van der Waals surface area contributed by atoms with Crippen LogP contribution in [0.15, 0.2) is 51.5 Å². The molecule has 118 valence electrons. The first-order valence-electron chi connectivity index (χ1n) is 6.49. The zero-order valence-electron chi connectivity index (χ0n) is 12.0. The van der Waals surface area contributed by atoms with Gasteiger partial charge in [0, 0.05) is 5.69 Å². The van der Waals surface area contributed by atoms with Gasteiger partial charge in [-0.2, -0.15) is 8.42 Å². The zero-order valence-corrected chi connectivity index (χ0v) is 13.6. The van der Waals surface area contributed by atoms with Crippen molar-refractivity contribution in [2.45, 2.75) is 11.8 Å². The molecule has 3 aromatic rings. The molecule has 3 N–H and O–H groups in total. The lowest BCUT2D eigenvalue weighted by atomic mass is 10.2. The number of rotatable bonds is 3. The second kappa shape index (κ2) is 5.69. The van der Waals surface area contributed by atoms with Crippen LogP contribution in [-0.4, -0.2) is 18.0 Å². The third-order valence-corrected chi connectivity index (χ3v) is 4.88. The van der Waals surface area contributed by atoms with Gasteiger partial charge < -0.3 is 5.73 Å². The topological polar surface area (TPSA) is 118 Å². The van der Waals surface area contributed by atoms with Crippen molar-refractivity contribution >= 4 is 48.2 Å². The molecule has 0 aliphatic carbocycles. The third kappa shape index (κ3) is 3.36. The third-order valence-electron chi connectivity index (χ3n) is 3.11. The van der Waals surface area contributed by atoms with Crippen LogP contribution in [0.25, 0.3) is 10.2 Å². The van der Waals surface area contributed by atoms with Gasteiger partial charge in [-0.05, 0) is 48.9 Å². The number of nitrogen functional groups attached to an aromatic ring is 1. The monoisotopic (exact) mass is 348 g/mol. The molecular weight excluding hydrogens is 336 g/mol. The van der Waals surface area contributed by atoms with Gasteiger partial charge in [0.25, 0.3) is 10.1 Å². The van der Waals surface area contributed by atoms with E-state index < -0.39 is 10.1 Å². The Hall–Kier alpha value is -2.36. The number of hydrogen-bond donors (Lipinski definition) is 2. The lowest BCUT2D eigenvalue weighted by molar-refractivity contribution is 0.483. The van der Waals surface area contributed by atoms with Crippen molar-refractivity contribution in [1.29, 1.82) is 0 Å². The molecule has 1 aromatic heterocycles. The number of fused-ring (bicyclic) bond motifs is 1. The van der Waals surface area contributed by atoms with Crippen LogP contribution in [0, 0.1) is 6.92 Å². The molecule has 0 saturated carbocycles. The Morgan fingerprint density at radius 3 is 2.65 bits per heavy atom. The van der Waals surface area contributed by atoms with Gasteiger partial charge in [0.15, 0.2) is 0 Å². The minimum Gasteiger partial charge on any atom is -0.399 e. The minimum absolute atomic E-state index is 0.201. The zero-order chi connectivity index (χ0) is 16.6. The summed E-state index contributed by atoms with van der Waals surface area (Å²) < 4.78 is 32.1. The molecule has 0 aliphatic heterocycles. The van der Waals surface area contributed by atoms with Crippen molar-refractivity contribution in [2.75, 3.05) is 5.73 Å². The van der Waals surface area contributed by atoms with Crippen molar-refractivity contribution in [2.24, 2.45) is 10.2 Å². The Balaban J connectivity index is 1.96. The fourth-order valence-corrected chi connectivity index (χ4v) is 3.25. The van der Waals surface area contributed by atoms with E-state index in [4.69, 9.17) is 10.3 Å². The smallest absolute Gasteiger partial charge is 0.294 e. The maximum atomic E-state index is 11.1. The van der Waals surface area contributed by atoms with Crippen LogP contribution < -0.4 is 5.73 Å². The Bertz CT molecular complexity index is 1030. The summed E-state index contributed by atoms with van der Waals surface area (Å²) >= 11 is 1.27. The van der Waals surface area contributed by atoms with Crippen LogP contribution in [0.5, 0.6) is 0 Å². The summed E-state index contributed by atoms with van der Waals surface area (Å²) in [6.07, 6.45) is 0. The number of aryl methyl sites for hydroxylation is 1. The number of hydrogen-bond acceptors (Lipinski definition) is 7. The standard InChI is InChI=1S/C14H12N4O3S2/c1-8-6-9(15)2-4-11(8)17-18-14-16-12-7-10(23(19,20)21)3-5-13(12)22-14/h2-7H,15H2,1H3,(H,19,20,21). The Kier molecular flexibility index (Phi) is 3.84. The van der Waals surface area contributed by atoms with Crippen LogP contribution in [0.1, 0.15) is 5.56 Å². The van der Waals surface area contributed by atoms with Gasteiger partial charge in [-0.3, -0.25) is 4.55 Å². The maximum absolute atomic E-state index is 11.1. The molecule has 9 heteroatoms. The van der Waals surface area contributed by atoms with E-state index in [-0.39, 0.29) is 4.90 Å². The van der Waals surface area contributed by atoms with Crippen LogP contribution >= 0.6 is 11.3 Å². The average molecular weight is 348 g/mol. The number of aromatic nitrogens is 1. The highest BCUT2D eigenvalue weighted by Gasteiger charge is 2.12. The lowest BCUT2D eigenvalue weighted by Gasteiger charge is -1.98. The number of nitrogens with zero attached hydrogens (tertiary/aromatic N) is 3. The average Bonchev–Trinajstić information content (AvgIpc) is 2.87. The predicted molar refractivity (Wildman–Crippen MR) is 89.2 cm³/mol. The van der Waals surface area contributed by atoms with E-state index in [0.29, 0.717) is 22.0 Å². The lowest BCUT2D eigenvalue weighted by Crippen LogP contribution is -1.96. The predicted octanol–water partition coefficient (Wildman–Crippen LogP) is 3.85. The molecule has 0 spiro atoms. The Morgan fingerprint density at radius 2 is 1.96 bits per heavy atom. The highest BCUT2D eigenvalue weighted by molar-refractivity contribution is 7.85. The van der Waals surface area contributed by atoms with Crippen LogP contribution in [0.3, 0.4) is 0 Å². The summed E-state index contributed by atoms with van der Waals surface area (Å²) in [6, 6.07) is 9.49.